The Kier molecular flexibility index (Phi) is 1.72. The normalized spacial score (nSPS) is 10.7. The molecule has 0 unspecified atom stereocenters. The van der Waals surface area contributed by atoms with Crippen LogP contribution in [0.4, 0.5) is 5.69 Å². The van der Waals surface area contributed by atoms with Crippen LogP contribution in [0.25, 0.3) is 11.0 Å². The molecule has 0 aliphatic carbocycles. The number of nitrogens with one attached hydrogen (secondary N) is 1. The van der Waals surface area contributed by atoms with Crippen LogP contribution >= 0.6 is 0 Å². The van der Waals surface area contributed by atoms with Crippen molar-refractivity contribution in [1.29, 1.82) is 0 Å². The molecule has 0 spiro atoms. The summed E-state index contributed by atoms with van der Waals surface area (Å²) in [7, 11) is 3.92. The molecule has 2 heterocycles. The highest BCUT2D eigenvalue weighted by Crippen LogP contribution is 2.20. The zero-order valence-corrected chi connectivity index (χ0v) is 8.13. The van der Waals surface area contributed by atoms with Gasteiger partial charge in [0.25, 0.3) is 0 Å². The Labute approximate surface area is 77.4 Å². The first-order valence-electron chi connectivity index (χ1n) is 4.32. The molecule has 0 bridgehead atoms. The van der Waals surface area contributed by atoms with Gasteiger partial charge in [-0.2, -0.15) is 0 Å². The Hall–Kier alpha value is -1.51. The maximum Gasteiger partial charge on any atom is 0.140 e. The van der Waals surface area contributed by atoms with Crippen molar-refractivity contribution in [2.45, 2.75) is 6.92 Å². The van der Waals surface area contributed by atoms with E-state index in [1.165, 1.54) is 10.9 Å². The average Bonchev–Trinajstić information content (AvgIpc) is 2.42. The van der Waals surface area contributed by atoms with Crippen LogP contribution in [0.15, 0.2) is 18.5 Å². The van der Waals surface area contributed by atoms with Crippen LogP contribution in [0.3, 0.4) is 0 Å². The molecule has 0 saturated carbocycles. The summed E-state index contributed by atoms with van der Waals surface area (Å²) in [6.45, 7) is 2.10. The monoisotopic (exact) mass is 175 g/mol. The minimum Gasteiger partial charge on any atom is -0.387 e. The van der Waals surface area contributed by atoms with Gasteiger partial charge in [-0.1, -0.05) is 0 Å². The number of rotatable bonds is 1. The summed E-state index contributed by atoms with van der Waals surface area (Å²) in [6.07, 6.45) is 3.94. The van der Waals surface area contributed by atoms with Crippen molar-refractivity contribution >= 4 is 16.7 Å². The van der Waals surface area contributed by atoms with Gasteiger partial charge in [0.1, 0.15) is 5.65 Å². The zero-order valence-electron chi connectivity index (χ0n) is 8.13. The predicted molar refractivity (Wildman–Crippen MR) is 55.0 cm³/mol. The summed E-state index contributed by atoms with van der Waals surface area (Å²) in [6, 6.07) is 2.12. The molecule has 1 N–H and O–H groups in total. The van der Waals surface area contributed by atoms with Gasteiger partial charge in [-0.05, 0) is 18.6 Å². The van der Waals surface area contributed by atoms with E-state index in [1.54, 1.807) is 0 Å². The van der Waals surface area contributed by atoms with Crippen molar-refractivity contribution in [3.63, 3.8) is 0 Å². The topological polar surface area (TPSA) is 29.9 Å². The molecule has 0 fully saturated rings. The number of aromatic nitrogens is 2. The Morgan fingerprint density at radius 3 is 2.92 bits per heavy atom. The number of hydrogen-bond donors (Lipinski definition) is 1. The van der Waals surface area contributed by atoms with E-state index in [-0.39, 0.29) is 0 Å². The largest absolute Gasteiger partial charge is 0.387 e. The molecule has 0 aromatic carbocycles. The van der Waals surface area contributed by atoms with Crippen molar-refractivity contribution in [3.8, 4) is 0 Å². The second-order valence-corrected chi connectivity index (χ2v) is 3.27. The average molecular weight is 175 g/mol. The fraction of sp³-hybridized carbons (Fsp3) is 0.300. The first kappa shape index (κ1) is 8.10. The molecule has 0 saturated heterocycles. The Bertz CT molecular complexity index is 443. The predicted octanol–water partition coefficient (Wildman–Crippen LogP) is 1.92. The molecule has 0 aliphatic rings. The first-order chi connectivity index (χ1) is 6.22. The molecule has 68 valence electrons. The van der Waals surface area contributed by atoms with Crippen LogP contribution < -0.4 is 5.32 Å². The van der Waals surface area contributed by atoms with Gasteiger partial charge in [0.15, 0.2) is 0 Å². The molecule has 0 aliphatic heterocycles. The van der Waals surface area contributed by atoms with Crippen molar-refractivity contribution in [1.82, 2.24) is 9.55 Å². The third-order valence-electron chi connectivity index (χ3n) is 2.30. The molecule has 3 heteroatoms. The van der Waals surface area contributed by atoms with Crippen LogP contribution in [0.1, 0.15) is 5.56 Å². The Balaban J connectivity index is 2.76. The van der Waals surface area contributed by atoms with E-state index < -0.39 is 0 Å². The van der Waals surface area contributed by atoms with Gasteiger partial charge in [-0.25, -0.2) is 4.98 Å². The Morgan fingerprint density at radius 1 is 1.46 bits per heavy atom. The van der Waals surface area contributed by atoms with Crippen LogP contribution in [-0.2, 0) is 7.05 Å². The van der Waals surface area contributed by atoms with Gasteiger partial charge in [-0.3, -0.25) is 0 Å². The molecule has 0 amide bonds. The lowest BCUT2D eigenvalue weighted by atomic mass is 10.2. The van der Waals surface area contributed by atoms with Gasteiger partial charge in [0.2, 0.25) is 0 Å². The molecule has 2 aromatic heterocycles. The third-order valence-corrected chi connectivity index (χ3v) is 2.30. The highest BCUT2D eigenvalue weighted by Gasteiger charge is 2.03. The second-order valence-electron chi connectivity index (χ2n) is 3.27. The van der Waals surface area contributed by atoms with E-state index in [2.05, 4.69) is 29.5 Å². The number of fused-ring (bicyclic) bond motifs is 1. The number of pyridine rings is 1. The van der Waals surface area contributed by atoms with Gasteiger partial charge in [-0.15, -0.1) is 0 Å². The minimum absolute atomic E-state index is 1.04. The number of aryl methyl sites for hydroxylation is 2. The minimum atomic E-state index is 1.04. The molecule has 3 nitrogen and oxygen atoms in total. The van der Waals surface area contributed by atoms with Crippen LogP contribution in [0.2, 0.25) is 0 Å². The summed E-state index contributed by atoms with van der Waals surface area (Å²) in [5, 5.41) is 4.30. The number of hydrogen-bond acceptors (Lipinski definition) is 2. The van der Waals surface area contributed by atoms with Crippen molar-refractivity contribution in [2.75, 3.05) is 12.4 Å². The van der Waals surface area contributed by atoms with Crippen LogP contribution in [0.5, 0.6) is 0 Å². The zero-order chi connectivity index (χ0) is 9.42. The van der Waals surface area contributed by atoms with E-state index >= 15 is 0 Å². The summed E-state index contributed by atoms with van der Waals surface area (Å²) in [5.74, 6) is 0. The summed E-state index contributed by atoms with van der Waals surface area (Å²) >= 11 is 0. The van der Waals surface area contributed by atoms with Gasteiger partial charge in [0, 0.05) is 25.7 Å². The van der Waals surface area contributed by atoms with Crippen molar-refractivity contribution in [2.24, 2.45) is 7.05 Å². The number of anilines is 1. The highest BCUT2D eigenvalue weighted by atomic mass is 15.0. The maximum atomic E-state index is 4.37. The Morgan fingerprint density at radius 2 is 2.23 bits per heavy atom. The van der Waals surface area contributed by atoms with E-state index in [0.29, 0.717) is 0 Å². The molecular weight excluding hydrogens is 162 g/mol. The quantitative estimate of drug-likeness (QED) is 0.717. The smallest absolute Gasteiger partial charge is 0.140 e. The summed E-state index contributed by atoms with van der Waals surface area (Å²) in [4.78, 5) is 4.37. The van der Waals surface area contributed by atoms with Crippen LogP contribution in [-0.4, -0.2) is 16.6 Å². The van der Waals surface area contributed by atoms with Crippen molar-refractivity contribution < 1.29 is 0 Å². The molecule has 0 radical (unpaired) electrons. The maximum absolute atomic E-state index is 4.37. The SMILES string of the molecule is CNc1cnc2c(c1)c(C)cn2C. The van der Waals surface area contributed by atoms with Gasteiger partial charge >= 0.3 is 0 Å². The molecule has 2 rings (SSSR count). The molecule has 2 aromatic rings. The van der Waals surface area contributed by atoms with Gasteiger partial charge in [0.05, 0.1) is 11.9 Å². The van der Waals surface area contributed by atoms with E-state index in [4.69, 9.17) is 0 Å². The molecule has 13 heavy (non-hydrogen) atoms. The first-order valence-corrected chi connectivity index (χ1v) is 4.32. The fourth-order valence-corrected chi connectivity index (χ4v) is 1.59. The van der Waals surface area contributed by atoms with Crippen LogP contribution in [0, 0.1) is 6.92 Å². The third kappa shape index (κ3) is 1.16. The number of nitrogens with zero attached hydrogens (tertiary/aromatic N) is 2. The van der Waals surface area contributed by atoms with Crippen molar-refractivity contribution in [3.05, 3.63) is 24.0 Å². The lowest BCUT2D eigenvalue weighted by molar-refractivity contribution is 0.944. The lowest BCUT2D eigenvalue weighted by Gasteiger charge is -1.99. The highest BCUT2D eigenvalue weighted by molar-refractivity contribution is 5.83. The lowest BCUT2D eigenvalue weighted by Crippen LogP contribution is -1.91. The summed E-state index contributed by atoms with van der Waals surface area (Å²) < 4.78 is 2.05. The fourth-order valence-electron chi connectivity index (χ4n) is 1.59. The second kappa shape index (κ2) is 2.76. The standard InChI is InChI=1S/C10H13N3/c1-7-6-13(3)10-9(7)4-8(11-2)5-12-10/h4-6,11H,1-3H3. The molecule has 0 atom stereocenters. The molecular formula is C10H13N3. The van der Waals surface area contributed by atoms with E-state index in [9.17, 15) is 0 Å². The van der Waals surface area contributed by atoms with Gasteiger partial charge < -0.3 is 9.88 Å². The van der Waals surface area contributed by atoms with E-state index in [0.717, 1.165) is 11.3 Å². The van der Waals surface area contributed by atoms with E-state index in [1.807, 2.05) is 24.9 Å². The summed E-state index contributed by atoms with van der Waals surface area (Å²) in [5.41, 5.74) is 3.36.